The highest BCUT2D eigenvalue weighted by molar-refractivity contribution is 6.24. The molecule has 0 saturated heterocycles. The molecule has 0 unspecified atom stereocenters. The largest absolute Gasteiger partial charge is 0.512 e. The molecule has 1 aliphatic heterocycles. The molecule has 1 rings (SSSR count). The van der Waals surface area contributed by atoms with Crippen LogP contribution in [0.15, 0.2) is 16.3 Å². The molecule has 0 aromatic carbocycles. The first-order chi connectivity index (χ1) is 6.52. The van der Waals surface area contributed by atoms with Gasteiger partial charge in [-0.1, -0.05) is 0 Å². The van der Waals surface area contributed by atoms with E-state index in [2.05, 4.69) is 10.3 Å². The number of amides is 1. The molecule has 14 heavy (non-hydrogen) atoms. The summed E-state index contributed by atoms with van der Waals surface area (Å²) in [6.45, 7) is 3.06. The van der Waals surface area contributed by atoms with Gasteiger partial charge >= 0.3 is 0 Å². The summed E-state index contributed by atoms with van der Waals surface area (Å²) >= 11 is 0. The average molecular weight is 196 g/mol. The maximum atomic E-state index is 11.1. The molecule has 2 N–H and O–H groups in total. The molecule has 0 spiro atoms. The van der Waals surface area contributed by atoms with Crippen molar-refractivity contribution in [2.75, 3.05) is 6.54 Å². The summed E-state index contributed by atoms with van der Waals surface area (Å²) in [6, 6.07) is 0. The predicted octanol–water partition coefficient (Wildman–Crippen LogP) is 0.326. The van der Waals surface area contributed by atoms with Crippen molar-refractivity contribution in [3.63, 3.8) is 0 Å². The standard InChI is InChI=1S/C9H12N2O3/c1-5(12)8(6(2)13)9-10-4-3-7(14)11-9/h12H,3-4H2,1-2H3,(H,10,11,14). The van der Waals surface area contributed by atoms with Gasteiger partial charge in [-0.3, -0.25) is 14.6 Å². The molecule has 0 atom stereocenters. The fraction of sp³-hybridized carbons (Fsp3) is 0.444. The van der Waals surface area contributed by atoms with Crippen molar-refractivity contribution in [1.82, 2.24) is 5.32 Å². The fourth-order valence-corrected chi connectivity index (χ4v) is 1.24. The van der Waals surface area contributed by atoms with Crippen LogP contribution < -0.4 is 5.32 Å². The minimum absolute atomic E-state index is 0.0815. The van der Waals surface area contributed by atoms with E-state index in [0.29, 0.717) is 13.0 Å². The summed E-state index contributed by atoms with van der Waals surface area (Å²) in [5.74, 6) is -0.451. The third kappa shape index (κ3) is 2.18. The summed E-state index contributed by atoms with van der Waals surface area (Å²) in [5, 5.41) is 11.7. The van der Waals surface area contributed by atoms with Crippen molar-refractivity contribution in [2.45, 2.75) is 20.3 Å². The number of allylic oxidation sites excluding steroid dienone is 1. The highest BCUT2D eigenvalue weighted by atomic mass is 16.3. The van der Waals surface area contributed by atoms with Gasteiger partial charge in [-0.05, 0) is 13.8 Å². The number of nitrogens with zero attached hydrogens (tertiary/aromatic N) is 1. The molecule has 1 aliphatic rings. The van der Waals surface area contributed by atoms with E-state index >= 15 is 0 Å². The second-order valence-corrected chi connectivity index (χ2v) is 3.05. The number of carbonyl (C=O) groups excluding carboxylic acids is 2. The summed E-state index contributed by atoms with van der Waals surface area (Å²) < 4.78 is 0. The fourth-order valence-electron chi connectivity index (χ4n) is 1.24. The van der Waals surface area contributed by atoms with Crippen molar-refractivity contribution < 1.29 is 14.7 Å². The monoisotopic (exact) mass is 196 g/mol. The topological polar surface area (TPSA) is 78.8 Å². The molecular formula is C9H12N2O3. The van der Waals surface area contributed by atoms with Gasteiger partial charge in [-0.2, -0.15) is 0 Å². The van der Waals surface area contributed by atoms with E-state index < -0.39 is 0 Å². The van der Waals surface area contributed by atoms with Crippen LogP contribution in [0.1, 0.15) is 20.3 Å². The Morgan fingerprint density at radius 3 is 2.57 bits per heavy atom. The van der Waals surface area contributed by atoms with Crippen molar-refractivity contribution in [3.05, 3.63) is 11.3 Å². The third-order valence-corrected chi connectivity index (χ3v) is 1.82. The molecule has 1 heterocycles. The Morgan fingerprint density at radius 2 is 2.14 bits per heavy atom. The van der Waals surface area contributed by atoms with Gasteiger partial charge < -0.3 is 10.4 Å². The van der Waals surface area contributed by atoms with Crippen LogP contribution in [0, 0.1) is 0 Å². The lowest BCUT2D eigenvalue weighted by Crippen LogP contribution is -2.38. The third-order valence-electron chi connectivity index (χ3n) is 1.82. The Balaban J connectivity index is 3.02. The van der Waals surface area contributed by atoms with E-state index in [1.54, 1.807) is 0 Å². The Kier molecular flexibility index (Phi) is 3.01. The summed E-state index contributed by atoms with van der Waals surface area (Å²) in [4.78, 5) is 26.1. The van der Waals surface area contributed by atoms with Crippen molar-refractivity contribution >= 4 is 17.5 Å². The number of aliphatic imine (C=N–C) groups is 1. The van der Waals surface area contributed by atoms with E-state index in [4.69, 9.17) is 0 Å². The van der Waals surface area contributed by atoms with Gasteiger partial charge in [0.25, 0.3) is 0 Å². The van der Waals surface area contributed by atoms with Crippen LogP contribution in [0.4, 0.5) is 0 Å². The molecule has 0 aromatic rings. The normalized spacial score (nSPS) is 18.1. The lowest BCUT2D eigenvalue weighted by Gasteiger charge is -2.14. The summed E-state index contributed by atoms with van der Waals surface area (Å²) in [7, 11) is 0. The van der Waals surface area contributed by atoms with Gasteiger partial charge in [0.1, 0.15) is 11.6 Å². The van der Waals surface area contributed by atoms with Gasteiger partial charge in [-0.25, -0.2) is 0 Å². The van der Waals surface area contributed by atoms with E-state index in [9.17, 15) is 14.7 Å². The molecule has 0 radical (unpaired) electrons. The smallest absolute Gasteiger partial charge is 0.227 e. The van der Waals surface area contributed by atoms with E-state index in [0.717, 1.165) is 0 Å². The van der Waals surface area contributed by atoms with Crippen LogP contribution >= 0.6 is 0 Å². The van der Waals surface area contributed by atoms with Crippen molar-refractivity contribution in [2.24, 2.45) is 4.99 Å². The number of hydrogen-bond donors (Lipinski definition) is 2. The predicted molar refractivity (Wildman–Crippen MR) is 51.1 cm³/mol. The maximum absolute atomic E-state index is 11.1. The van der Waals surface area contributed by atoms with Crippen LogP contribution in [0.5, 0.6) is 0 Å². The number of ketones is 1. The Bertz CT molecular complexity index is 338. The number of aliphatic hydroxyl groups excluding tert-OH is 1. The molecule has 0 bridgehead atoms. The Labute approximate surface area is 81.5 Å². The molecular weight excluding hydrogens is 184 g/mol. The van der Waals surface area contributed by atoms with Crippen LogP contribution in [0.2, 0.25) is 0 Å². The van der Waals surface area contributed by atoms with Crippen LogP contribution in [0.25, 0.3) is 0 Å². The Hall–Kier alpha value is -1.65. The zero-order valence-electron chi connectivity index (χ0n) is 8.13. The van der Waals surface area contributed by atoms with Gasteiger partial charge in [-0.15, -0.1) is 0 Å². The Morgan fingerprint density at radius 1 is 1.50 bits per heavy atom. The first kappa shape index (κ1) is 10.4. The number of aliphatic hydroxyl groups is 1. The zero-order chi connectivity index (χ0) is 10.7. The number of hydrogen-bond acceptors (Lipinski definition) is 4. The van der Waals surface area contributed by atoms with Gasteiger partial charge in [0, 0.05) is 6.42 Å². The molecule has 76 valence electrons. The van der Waals surface area contributed by atoms with Crippen LogP contribution in [-0.4, -0.2) is 29.2 Å². The van der Waals surface area contributed by atoms with Crippen LogP contribution in [-0.2, 0) is 9.59 Å². The lowest BCUT2D eigenvalue weighted by molar-refractivity contribution is -0.119. The number of rotatable bonds is 2. The number of carbonyl (C=O) groups is 2. The minimum atomic E-state index is -0.314. The molecule has 0 aliphatic carbocycles. The van der Waals surface area contributed by atoms with Crippen LogP contribution in [0.3, 0.4) is 0 Å². The number of amidine groups is 1. The molecule has 0 fully saturated rings. The second-order valence-electron chi connectivity index (χ2n) is 3.05. The van der Waals surface area contributed by atoms with Gasteiger partial charge in [0.05, 0.1) is 12.1 Å². The van der Waals surface area contributed by atoms with E-state index in [-0.39, 0.29) is 28.9 Å². The average Bonchev–Trinajstić information content (AvgIpc) is 2.02. The van der Waals surface area contributed by atoms with E-state index in [1.807, 2.05) is 0 Å². The van der Waals surface area contributed by atoms with Crippen molar-refractivity contribution in [1.29, 1.82) is 0 Å². The van der Waals surface area contributed by atoms with Crippen molar-refractivity contribution in [3.8, 4) is 0 Å². The highest BCUT2D eigenvalue weighted by Gasteiger charge is 2.20. The second kappa shape index (κ2) is 4.04. The summed E-state index contributed by atoms with van der Waals surface area (Å²) in [5.41, 5.74) is 0.0815. The summed E-state index contributed by atoms with van der Waals surface area (Å²) in [6.07, 6.45) is 0.319. The number of Topliss-reactive ketones (excluding diaryl/α,β-unsaturated/α-hetero) is 1. The maximum Gasteiger partial charge on any atom is 0.227 e. The molecule has 5 heteroatoms. The zero-order valence-corrected chi connectivity index (χ0v) is 8.13. The molecule has 0 saturated carbocycles. The van der Waals surface area contributed by atoms with Gasteiger partial charge in [0.15, 0.2) is 5.78 Å². The lowest BCUT2D eigenvalue weighted by atomic mass is 10.1. The number of nitrogens with one attached hydrogen (secondary N) is 1. The SMILES string of the molecule is CC(=O)C(C1=NCCC(=O)N1)=C(C)O. The van der Waals surface area contributed by atoms with E-state index in [1.165, 1.54) is 13.8 Å². The van der Waals surface area contributed by atoms with Gasteiger partial charge in [0.2, 0.25) is 5.91 Å². The first-order valence-electron chi connectivity index (χ1n) is 4.28. The quantitative estimate of drug-likeness (QED) is 0.493. The molecule has 0 aromatic heterocycles. The highest BCUT2D eigenvalue weighted by Crippen LogP contribution is 2.07. The molecule has 5 nitrogen and oxygen atoms in total. The molecule has 1 amide bonds. The minimum Gasteiger partial charge on any atom is -0.512 e. The first-order valence-corrected chi connectivity index (χ1v) is 4.28.